The number of hydrogen-bond acceptors (Lipinski definition) is 3. The normalized spacial score (nSPS) is 12.2. The lowest BCUT2D eigenvalue weighted by atomic mass is 10.1. The number of carbonyl (C=O) groups excluding carboxylic acids is 1. The van der Waals surface area contributed by atoms with Gasteiger partial charge in [0.15, 0.2) is 0 Å². The Kier molecular flexibility index (Phi) is 6.36. The number of unbranched alkanes of at least 4 members (excludes halogenated alkanes) is 1. The third kappa shape index (κ3) is 4.45. The smallest absolute Gasteiger partial charge is 0.239 e. The molecule has 0 aromatic carbocycles. The van der Waals surface area contributed by atoms with Gasteiger partial charge in [0.05, 0.1) is 18.3 Å². The standard InChI is InChI=1S/C14H23N3O/c1-3-5-9-13(15)14(18)17(4-2)11-12-8-6-7-10-16-12/h6-8,10,13H,3-5,9,11,15H2,1-2H3/t13-/m0/s1. The first-order chi connectivity index (χ1) is 8.69. The molecule has 1 heterocycles. The van der Waals surface area contributed by atoms with Crippen LogP contribution in [0.25, 0.3) is 0 Å². The number of carbonyl (C=O) groups is 1. The molecule has 1 atom stereocenters. The molecule has 100 valence electrons. The van der Waals surface area contributed by atoms with Crippen LogP contribution in [0.15, 0.2) is 24.4 Å². The summed E-state index contributed by atoms with van der Waals surface area (Å²) in [4.78, 5) is 18.2. The number of amides is 1. The van der Waals surface area contributed by atoms with Gasteiger partial charge in [-0.2, -0.15) is 0 Å². The minimum Gasteiger partial charge on any atom is -0.336 e. The average molecular weight is 249 g/mol. The summed E-state index contributed by atoms with van der Waals surface area (Å²) in [6.07, 6.45) is 4.56. The third-order valence-electron chi connectivity index (χ3n) is 2.96. The molecule has 0 aliphatic heterocycles. The fourth-order valence-electron chi connectivity index (χ4n) is 1.81. The van der Waals surface area contributed by atoms with Crippen molar-refractivity contribution in [3.8, 4) is 0 Å². The third-order valence-corrected chi connectivity index (χ3v) is 2.96. The lowest BCUT2D eigenvalue weighted by Gasteiger charge is -2.24. The summed E-state index contributed by atoms with van der Waals surface area (Å²) >= 11 is 0. The Morgan fingerprint density at radius 1 is 1.44 bits per heavy atom. The Morgan fingerprint density at radius 2 is 2.22 bits per heavy atom. The van der Waals surface area contributed by atoms with Crippen LogP contribution >= 0.6 is 0 Å². The van der Waals surface area contributed by atoms with Crippen LogP contribution in [0.3, 0.4) is 0 Å². The van der Waals surface area contributed by atoms with Crippen molar-refractivity contribution in [3.05, 3.63) is 30.1 Å². The van der Waals surface area contributed by atoms with E-state index in [1.54, 1.807) is 11.1 Å². The summed E-state index contributed by atoms with van der Waals surface area (Å²) in [5.74, 6) is 0.0246. The Balaban J connectivity index is 2.57. The van der Waals surface area contributed by atoms with Gasteiger partial charge in [-0.3, -0.25) is 9.78 Å². The van der Waals surface area contributed by atoms with Crippen molar-refractivity contribution >= 4 is 5.91 Å². The molecule has 18 heavy (non-hydrogen) atoms. The van der Waals surface area contributed by atoms with Crippen LogP contribution in [0.1, 0.15) is 38.8 Å². The highest BCUT2D eigenvalue weighted by Gasteiger charge is 2.19. The molecule has 0 unspecified atom stereocenters. The Hall–Kier alpha value is -1.42. The zero-order chi connectivity index (χ0) is 13.4. The van der Waals surface area contributed by atoms with Gasteiger partial charge in [0.1, 0.15) is 0 Å². The fraction of sp³-hybridized carbons (Fsp3) is 0.571. The maximum atomic E-state index is 12.2. The molecular formula is C14H23N3O. The Bertz CT molecular complexity index is 353. The number of aromatic nitrogens is 1. The van der Waals surface area contributed by atoms with E-state index in [1.807, 2.05) is 25.1 Å². The van der Waals surface area contributed by atoms with Gasteiger partial charge in [-0.25, -0.2) is 0 Å². The van der Waals surface area contributed by atoms with E-state index in [1.165, 1.54) is 0 Å². The Labute approximate surface area is 109 Å². The summed E-state index contributed by atoms with van der Waals surface area (Å²) in [5.41, 5.74) is 6.82. The second-order valence-corrected chi connectivity index (χ2v) is 4.42. The zero-order valence-electron chi connectivity index (χ0n) is 11.3. The number of nitrogens with two attached hydrogens (primary N) is 1. The first-order valence-corrected chi connectivity index (χ1v) is 6.63. The SMILES string of the molecule is CCCC[C@H](N)C(=O)N(CC)Cc1ccccn1. The molecule has 2 N–H and O–H groups in total. The van der Waals surface area contributed by atoms with Crippen LogP contribution in [-0.2, 0) is 11.3 Å². The summed E-state index contributed by atoms with van der Waals surface area (Å²) < 4.78 is 0. The van der Waals surface area contributed by atoms with Gasteiger partial charge >= 0.3 is 0 Å². The van der Waals surface area contributed by atoms with E-state index in [-0.39, 0.29) is 11.9 Å². The van der Waals surface area contributed by atoms with Crippen molar-refractivity contribution in [1.82, 2.24) is 9.88 Å². The van der Waals surface area contributed by atoms with E-state index in [9.17, 15) is 4.79 Å². The summed E-state index contributed by atoms with van der Waals surface area (Å²) in [7, 11) is 0. The first kappa shape index (κ1) is 14.6. The predicted octanol–water partition coefficient (Wildman–Crippen LogP) is 1.95. The van der Waals surface area contributed by atoms with Gasteiger partial charge in [-0.1, -0.05) is 25.8 Å². The van der Waals surface area contributed by atoms with Crippen molar-refractivity contribution in [1.29, 1.82) is 0 Å². The van der Waals surface area contributed by atoms with E-state index < -0.39 is 0 Å². The lowest BCUT2D eigenvalue weighted by Crippen LogP contribution is -2.43. The zero-order valence-corrected chi connectivity index (χ0v) is 11.3. The maximum Gasteiger partial charge on any atom is 0.239 e. The molecule has 0 radical (unpaired) electrons. The number of pyridine rings is 1. The summed E-state index contributed by atoms with van der Waals surface area (Å²) in [6.45, 7) is 5.27. The molecule has 0 bridgehead atoms. The molecule has 1 aromatic rings. The van der Waals surface area contributed by atoms with E-state index in [0.717, 1.165) is 25.0 Å². The largest absolute Gasteiger partial charge is 0.336 e. The second-order valence-electron chi connectivity index (χ2n) is 4.42. The van der Waals surface area contributed by atoms with Crippen LogP contribution in [0, 0.1) is 0 Å². The van der Waals surface area contributed by atoms with Crippen LogP contribution in [0.5, 0.6) is 0 Å². The molecule has 0 aliphatic carbocycles. The highest BCUT2D eigenvalue weighted by Crippen LogP contribution is 2.06. The highest BCUT2D eigenvalue weighted by molar-refractivity contribution is 5.81. The van der Waals surface area contributed by atoms with Gasteiger partial charge in [0.2, 0.25) is 5.91 Å². The van der Waals surface area contributed by atoms with Crippen molar-refractivity contribution in [3.63, 3.8) is 0 Å². The van der Waals surface area contributed by atoms with E-state index in [2.05, 4.69) is 11.9 Å². The average Bonchev–Trinajstić information content (AvgIpc) is 2.42. The predicted molar refractivity (Wildman–Crippen MR) is 72.8 cm³/mol. The van der Waals surface area contributed by atoms with Crippen LogP contribution in [0.4, 0.5) is 0 Å². The number of hydrogen-bond donors (Lipinski definition) is 1. The molecule has 1 amide bonds. The quantitative estimate of drug-likeness (QED) is 0.803. The van der Waals surface area contributed by atoms with Crippen LogP contribution < -0.4 is 5.73 Å². The van der Waals surface area contributed by atoms with Gasteiger partial charge < -0.3 is 10.6 Å². The van der Waals surface area contributed by atoms with Gasteiger partial charge in [0, 0.05) is 12.7 Å². The molecule has 0 fully saturated rings. The first-order valence-electron chi connectivity index (χ1n) is 6.63. The van der Waals surface area contributed by atoms with Crippen LogP contribution in [-0.4, -0.2) is 28.4 Å². The van der Waals surface area contributed by atoms with Gasteiger partial charge in [-0.15, -0.1) is 0 Å². The van der Waals surface area contributed by atoms with Crippen molar-refractivity contribution in [2.24, 2.45) is 5.73 Å². The fourth-order valence-corrected chi connectivity index (χ4v) is 1.81. The topological polar surface area (TPSA) is 59.2 Å². The summed E-state index contributed by atoms with van der Waals surface area (Å²) in [6, 6.07) is 5.34. The number of nitrogens with zero attached hydrogens (tertiary/aromatic N) is 2. The second kappa shape index (κ2) is 7.82. The van der Waals surface area contributed by atoms with E-state index in [4.69, 9.17) is 5.73 Å². The van der Waals surface area contributed by atoms with Crippen molar-refractivity contribution in [2.75, 3.05) is 6.54 Å². The molecule has 1 aromatic heterocycles. The molecule has 1 rings (SSSR count). The number of likely N-dealkylation sites (N-methyl/N-ethyl adjacent to an activating group) is 1. The molecule has 0 spiro atoms. The van der Waals surface area contributed by atoms with E-state index in [0.29, 0.717) is 13.1 Å². The highest BCUT2D eigenvalue weighted by atomic mass is 16.2. The monoisotopic (exact) mass is 249 g/mol. The molecular weight excluding hydrogens is 226 g/mol. The summed E-state index contributed by atoms with van der Waals surface area (Å²) in [5, 5.41) is 0. The molecule has 0 aliphatic rings. The van der Waals surface area contributed by atoms with Gasteiger partial charge in [0.25, 0.3) is 0 Å². The molecule has 4 heteroatoms. The molecule has 0 saturated heterocycles. The van der Waals surface area contributed by atoms with Crippen molar-refractivity contribution < 1.29 is 4.79 Å². The lowest BCUT2D eigenvalue weighted by molar-refractivity contribution is -0.133. The number of rotatable bonds is 7. The Morgan fingerprint density at radius 3 is 2.78 bits per heavy atom. The molecule has 4 nitrogen and oxygen atoms in total. The minimum absolute atomic E-state index is 0.0246. The maximum absolute atomic E-state index is 12.2. The van der Waals surface area contributed by atoms with Crippen LogP contribution in [0.2, 0.25) is 0 Å². The van der Waals surface area contributed by atoms with Crippen molar-refractivity contribution in [2.45, 2.75) is 45.7 Å². The minimum atomic E-state index is -0.381. The molecule has 0 saturated carbocycles. The van der Waals surface area contributed by atoms with Gasteiger partial charge in [-0.05, 0) is 25.5 Å². The van der Waals surface area contributed by atoms with E-state index >= 15 is 0 Å².